The minimum absolute atomic E-state index is 0.0227. The second-order valence-electron chi connectivity index (χ2n) is 7.35. The molecule has 32 heavy (non-hydrogen) atoms. The van der Waals surface area contributed by atoms with Crippen LogP contribution in [0.5, 0.6) is 23.0 Å². The van der Waals surface area contributed by atoms with Crippen LogP contribution in [0.3, 0.4) is 0 Å². The Morgan fingerprint density at radius 2 is 1.31 bits per heavy atom. The Balaban J connectivity index is 1.69. The third kappa shape index (κ3) is 4.85. The van der Waals surface area contributed by atoms with Crippen LogP contribution in [0.15, 0.2) is 12.1 Å². The summed E-state index contributed by atoms with van der Waals surface area (Å²) >= 11 is 0. The van der Waals surface area contributed by atoms with Gasteiger partial charge in [0.25, 0.3) is 0 Å². The zero-order valence-corrected chi connectivity index (χ0v) is 17.3. The first-order chi connectivity index (χ1) is 15.2. The van der Waals surface area contributed by atoms with Crippen molar-refractivity contribution in [2.24, 2.45) is 0 Å². The molecule has 13 heteroatoms. The molecule has 0 unspecified atom stereocenters. The molecule has 9 atom stereocenters. The molecule has 13 nitrogen and oxygen atoms in total. The number of aliphatic hydroxyl groups is 6. The maximum atomic E-state index is 10.3. The van der Waals surface area contributed by atoms with Crippen LogP contribution in [0, 0.1) is 0 Å². The summed E-state index contributed by atoms with van der Waals surface area (Å²) in [6, 6.07) is 2.60. The van der Waals surface area contributed by atoms with Gasteiger partial charge in [-0.1, -0.05) is 0 Å². The largest absolute Gasteiger partial charge is 0.502 e. The van der Waals surface area contributed by atoms with Crippen molar-refractivity contribution in [2.75, 3.05) is 27.4 Å². The standard InChI is InChI=1S/C19H28O13/c1-27-8-3-7(4-9(28-2)12(8)21)30-19-17(26)15(24)14(23)11(32-19)6-29-18-16(25)13(22)10(5-20)31-18/h3-4,10-11,13-26H,5-6H2,1-2H3/t10-,11+,13-,14+,15-,16+,17+,18+,19+/m0/s1. The van der Waals surface area contributed by atoms with Crippen molar-refractivity contribution < 1.29 is 64.2 Å². The molecule has 0 bridgehead atoms. The van der Waals surface area contributed by atoms with E-state index in [1.165, 1.54) is 26.4 Å². The summed E-state index contributed by atoms with van der Waals surface area (Å²) < 4.78 is 31.7. The average molecular weight is 464 g/mol. The second kappa shape index (κ2) is 10.3. The van der Waals surface area contributed by atoms with Gasteiger partial charge in [0.15, 0.2) is 17.8 Å². The Hall–Kier alpha value is -1.94. The lowest BCUT2D eigenvalue weighted by Gasteiger charge is -2.40. The van der Waals surface area contributed by atoms with E-state index in [-0.39, 0.29) is 23.0 Å². The van der Waals surface area contributed by atoms with Crippen LogP contribution < -0.4 is 14.2 Å². The number of aliphatic hydroxyl groups excluding tert-OH is 6. The van der Waals surface area contributed by atoms with E-state index in [1.807, 2.05) is 0 Å². The summed E-state index contributed by atoms with van der Waals surface area (Å²) in [5.41, 5.74) is 0. The highest BCUT2D eigenvalue weighted by atomic mass is 16.7. The first-order valence-corrected chi connectivity index (χ1v) is 9.77. The molecule has 2 fully saturated rings. The summed E-state index contributed by atoms with van der Waals surface area (Å²) in [6.07, 6.45) is -12.8. The Morgan fingerprint density at radius 1 is 0.781 bits per heavy atom. The van der Waals surface area contributed by atoms with Gasteiger partial charge >= 0.3 is 0 Å². The van der Waals surface area contributed by atoms with E-state index >= 15 is 0 Å². The molecule has 0 aromatic heterocycles. The van der Waals surface area contributed by atoms with Crippen LogP contribution in [-0.2, 0) is 14.2 Å². The maximum absolute atomic E-state index is 10.3. The molecule has 0 aliphatic carbocycles. The van der Waals surface area contributed by atoms with Crippen molar-refractivity contribution in [1.82, 2.24) is 0 Å². The van der Waals surface area contributed by atoms with Gasteiger partial charge in [-0.15, -0.1) is 0 Å². The quantitative estimate of drug-likeness (QED) is 0.206. The fourth-order valence-corrected chi connectivity index (χ4v) is 3.42. The summed E-state index contributed by atoms with van der Waals surface area (Å²) in [5, 5.41) is 69.6. The van der Waals surface area contributed by atoms with Crippen molar-refractivity contribution >= 4 is 0 Å². The molecule has 0 spiro atoms. The number of phenolic OH excluding ortho intramolecular Hbond substituents is 1. The zero-order chi connectivity index (χ0) is 23.6. The molecule has 0 saturated carbocycles. The van der Waals surface area contributed by atoms with Gasteiger partial charge in [-0.05, 0) is 0 Å². The molecule has 0 amide bonds. The molecule has 2 aliphatic rings. The average Bonchev–Trinajstić information content (AvgIpc) is 3.07. The highest BCUT2D eigenvalue weighted by Crippen LogP contribution is 2.40. The third-order valence-electron chi connectivity index (χ3n) is 5.30. The lowest BCUT2D eigenvalue weighted by molar-refractivity contribution is -0.290. The Labute approximate surface area is 182 Å². The second-order valence-corrected chi connectivity index (χ2v) is 7.35. The van der Waals surface area contributed by atoms with Crippen LogP contribution in [0.2, 0.25) is 0 Å². The fourth-order valence-electron chi connectivity index (χ4n) is 3.42. The summed E-state index contributed by atoms with van der Waals surface area (Å²) in [4.78, 5) is 0. The van der Waals surface area contributed by atoms with Crippen LogP contribution in [0.4, 0.5) is 0 Å². The summed E-state index contributed by atoms with van der Waals surface area (Å²) in [6.45, 7) is -0.958. The predicted molar refractivity (Wildman–Crippen MR) is 102 cm³/mol. The van der Waals surface area contributed by atoms with Crippen molar-refractivity contribution in [1.29, 1.82) is 0 Å². The molecule has 0 radical (unpaired) electrons. The van der Waals surface area contributed by atoms with Crippen molar-refractivity contribution in [3.8, 4) is 23.0 Å². The van der Waals surface area contributed by atoms with Gasteiger partial charge in [0.05, 0.1) is 27.4 Å². The van der Waals surface area contributed by atoms with Gasteiger partial charge in [-0.3, -0.25) is 0 Å². The highest BCUT2D eigenvalue weighted by Gasteiger charge is 2.47. The van der Waals surface area contributed by atoms with E-state index in [9.17, 15) is 30.6 Å². The minimum atomic E-state index is -1.67. The van der Waals surface area contributed by atoms with E-state index < -0.39 is 68.5 Å². The van der Waals surface area contributed by atoms with E-state index in [4.69, 9.17) is 33.5 Å². The number of hydrogen-bond donors (Lipinski definition) is 7. The normalized spacial score (nSPS) is 37.3. The third-order valence-corrected chi connectivity index (χ3v) is 5.30. The van der Waals surface area contributed by atoms with E-state index in [0.717, 1.165) is 0 Å². The molecule has 3 rings (SSSR count). The van der Waals surface area contributed by atoms with Gasteiger partial charge in [0.2, 0.25) is 12.0 Å². The molecular weight excluding hydrogens is 436 g/mol. The Morgan fingerprint density at radius 3 is 1.84 bits per heavy atom. The molecule has 1 aromatic rings. The highest BCUT2D eigenvalue weighted by molar-refractivity contribution is 5.54. The number of benzene rings is 1. The minimum Gasteiger partial charge on any atom is -0.502 e. The fraction of sp³-hybridized carbons (Fsp3) is 0.684. The lowest BCUT2D eigenvalue weighted by Crippen LogP contribution is -2.60. The van der Waals surface area contributed by atoms with Crippen molar-refractivity contribution in [2.45, 2.75) is 55.3 Å². The van der Waals surface area contributed by atoms with E-state index in [0.29, 0.717) is 0 Å². The monoisotopic (exact) mass is 464 g/mol. The van der Waals surface area contributed by atoms with Gasteiger partial charge in [0.1, 0.15) is 48.5 Å². The molecule has 182 valence electrons. The molecule has 2 aliphatic heterocycles. The van der Waals surface area contributed by atoms with E-state index in [1.54, 1.807) is 0 Å². The van der Waals surface area contributed by atoms with Gasteiger partial charge < -0.3 is 64.2 Å². The Kier molecular flexibility index (Phi) is 7.97. The number of methoxy groups -OCH3 is 2. The first kappa shape index (κ1) is 24.7. The number of ether oxygens (including phenoxy) is 6. The smallest absolute Gasteiger partial charge is 0.229 e. The van der Waals surface area contributed by atoms with Gasteiger partial charge in [-0.2, -0.15) is 0 Å². The van der Waals surface area contributed by atoms with Gasteiger partial charge in [-0.25, -0.2) is 0 Å². The summed E-state index contributed by atoms with van der Waals surface area (Å²) in [7, 11) is 2.63. The molecule has 1 aromatic carbocycles. The molecule has 2 heterocycles. The number of phenols is 1. The predicted octanol–water partition coefficient (Wildman–Crippen LogP) is -2.95. The SMILES string of the molecule is COc1cc(O[C@@H]2O[C@H](CO[C@@H]3O[C@@H](CO)[C@H](O)[C@H]3O)[C@@H](O)[C@H](O)[C@H]2O)cc(OC)c1O. The number of hydrogen-bond acceptors (Lipinski definition) is 13. The van der Waals surface area contributed by atoms with Gasteiger partial charge in [0, 0.05) is 12.1 Å². The Bertz CT molecular complexity index is 736. The molecular formula is C19H28O13. The molecule has 7 N–H and O–H groups in total. The zero-order valence-electron chi connectivity index (χ0n) is 17.3. The van der Waals surface area contributed by atoms with Crippen LogP contribution in [-0.4, -0.2) is 118 Å². The number of aromatic hydroxyl groups is 1. The van der Waals surface area contributed by atoms with Crippen LogP contribution in [0.1, 0.15) is 0 Å². The van der Waals surface area contributed by atoms with Crippen LogP contribution >= 0.6 is 0 Å². The first-order valence-electron chi connectivity index (χ1n) is 9.77. The summed E-state index contributed by atoms with van der Waals surface area (Å²) in [5.74, 6) is -0.163. The maximum Gasteiger partial charge on any atom is 0.229 e. The lowest BCUT2D eigenvalue weighted by atomic mass is 9.99. The van der Waals surface area contributed by atoms with Crippen LogP contribution in [0.25, 0.3) is 0 Å². The number of rotatable bonds is 8. The molecule has 2 saturated heterocycles. The van der Waals surface area contributed by atoms with E-state index in [2.05, 4.69) is 0 Å². The topological polar surface area (TPSA) is 197 Å². The van der Waals surface area contributed by atoms with Crippen molar-refractivity contribution in [3.63, 3.8) is 0 Å². The van der Waals surface area contributed by atoms with Crippen molar-refractivity contribution in [3.05, 3.63) is 12.1 Å².